The number of carbonyl (C=O) groups excluding carboxylic acids is 1. The number of aliphatic carboxylic acids is 1. The number of rotatable bonds is 3. The molecule has 0 aliphatic heterocycles. The zero-order valence-corrected chi connectivity index (χ0v) is 10.5. The zero-order valence-electron chi connectivity index (χ0n) is 10.5. The number of amides is 1. The number of benzene rings is 1. The first-order chi connectivity index (χ1) is 8.81. The molecule has 0 spiro atoms. The monoisotopic (exact) mass is 264 g/mol. The predicted molar refractivity (Wildman–Crippen MR) is 67.4 cm³/mol. The number of fused-ring (bicyclic) bond motifs is 1. The molecule has 0 fully saturated rings. The van der Waals surface area contributed by atoms with Crippen molar-refractivity contribution in [1.29, 1.82) is 0 Å². The third-order valence-electron chi connectivity index (χ3n) is 2.82. The summed E-state index contributed by atoms with van der Waals surface area (Å²) in [7, 11) is 0. The maximum atomic E-state index is 13.5. The Balaban J connectivity index is 2.32. The second kappa shape index (κ2) is 4.38. The Hall–Kier alpha value is -2.37. The molecule has 0 radical (unpaired) electrons. The number of hydrogen-bond donors (Lipinski definition) is 3. The molecule has 0 bridgehead atoms. The minimum atomic E-state index is -1.40. The quantitative estimate of drug-likeness (QED) is 0.791. The zero-order chi connectivity index (χ0) is 14.2. The fraction of sp³-hybridized carbons (Fsp3) is 0.231. The van der Waals surface area contributed by atoms with Crippen molar-refractivity contribution in [3.8, 4) is 0 Å². The van der Waals surface area contributed by atoms with Gasteiger partial charge in [0.2, 0.25) is 0 Å². The van der Waals surface area contributed by atoms with E-state index in [1.54, 1.807) is 6.07 Å². The van der Waals surface area contributed by atoms with Crippen LogP contribution in [0, 0.1) is 5.82 Å². The molecule has 1 amide bonds. The van der Waals surface area contributed by atoms with E-state index in [0.29, 0.717) is 10.9 Å². The molecule has 3 N–H and O–H groups in total. The van der Waals surface area contributed by atoms with Crippen LogP contribution in [-0.4, -0.2) is 27.5 Å². The van der Waals surface area contributed by atoms with Gasteiger partial charge in [-0.3, -0.25) is 4.79 Å². The van der Waals surface area contributed by atoms with Gasteiger partial charge in [0.1, 0.15) is 17.1 Å². The minimum absolute atomic E-state index is 0.120. The molecule has 0 aliphatic rings. The van der Waals surface area contributed by atoms with Crippen LogP contribution in [0.2, 0.25) is 0 Å². The third kappa shape index (κ3) is 2.42. The molecule has 0 saturated carbocycles. The highest BCUT2D eigenvalue weighted by Gasteiger charge is 2.29. The maximum Gasteiger partial charge on any atom is 0.328 e. The van der Waals surface area contributed by atoms with Crippen molar-refractivity contribution in [2.24, 2.45) is 0 Å². The summed E-state index contributed by atoms with van der Waals surface area (Å²) in [5.41, 5.74) is -0.792. The summed E-state index contributed by atoms with van der Waals surface area (Å²) in [4.78, 5) is 25.6. The van der Waals surface area contributed by atoms with Crippen molar-refractivity contribution < 1.29 is 19.1 Å². The Morgan fingerprint density at radius 3 is 2.63 bits per heavy atom. The van der Waals surface area contributed by atoms with Crippen LogP contribution in [0.25, 0.3) is 10.9 Å². The molecule has 1 aromatic carbocycles. The average molecular weight is 264 g/mol. The van der Waals surface area contributed by atoms with Crippen LogP contribution < -0.4 is 5.32 Å². The van der Waals surface area contributed by atoms with Crippen molar-refractivity contribution >= 4 is 22.8 Å². The lowest BCUT2D eigenvalue weighted by molar-refractivity contribution is -0.143. The van der Waals surface area contributed by atoms with Gasteiger partial charge in [-0.1, -0.05) is 6.07 Å². The number of aromatic nitrogens is 1. The second-order valence-corrected chi connectivity index (χ2v) is 4.77. The van der Waals surface area contributed by atoms with Crippen molar-refractivity contribution in [2.45, 2.75) is 19.4 Å². The highest BCUT2D eigenvalue weighted by molar-refractivity contribution is 6.00. The fourth-order valence-corrected chi connectivity index (χ4v) is 1.65. The highest BCUT2D eigenvalue weighted by Crippen LogP contribution is 2.19. The van der Waals surface area contributed by atoms with Crippen LogP contribution in [0.4, 0.5) is 4.39 Å². The second-order valence-electron chi connectivity index (χ2n) is 4.77. The Kier molecular flexibility index (Phi) is 3.01. The fourth-order valence-electron chi connectivity index (χ4n) is 1.65. The number of H-pyrrole nitrogens is 1. The van der Waals surface area contributed by atoms with Gasteiger partial charge >= 0.3 is 5.97 Å². The first-order valence-electron chi connectivity index (χ1n) is 5.64. The van der Waals surface area contributed by atoms with E-state index in [0.717, 1.165) is 0 Å². The molecule has 0 unspecified atom stereocenters. The Labute approximate surface area is 108 Å². The van der Waals surface area contributed by atoms with Crippen molar-refractivity contribution in [1.82, 2.24) is 10.3 Å². The van der Waals surface area contributed by atoms with Crippen molar-refractivity contribution in [2.75, 3.05) is 0 Å². The van der Waals surface area contributed by atoms with Gasteiger partial charge in [0.05, 0.1) is 0 Å². The number of aromatic amines is 1. The van der Waals surface area contributed by atoms with Gasteiger partial charge in [0.25, 0.3) is 5.91 Å². The van der Waals surface area contributed by atoms with E-state index in [4.69, 9.17) is 5.11 Å². The highest BCUT2D eigenvalue weighted by atomic mass is 19.1. The standard InChI is InChI=1S/C13H13FN2O3/c1-13(2,12(18)19)16-11(17)10-6-7-8(14)4-3-5-9(7)15-10/h3-6,15H,1-2H3,(H,16,17)(H,18,19). The average Bonchev–Trinajstić information content (AvgIpc) is 2.73. The molecule has 6 heteroatoms. The Morgan fingerprint density at radius 2 is 2.05 bits per heavy atom. The lowest BCUT2D eigenvalue weighted by Crippen LogP contribution is -2.49. The van der Waals surface area contributed by atoms with Crippen LogP contribution in [0.5, 0.6) is 0 Å². The molecule has 0 aliphatic carbocycles. The number of carboxylic acid groups (broad SMARTS) is 1. The number of halogens is 1. The van der Waals surface area contributed by atoms with Crippen LogP contribution in [0.1, 0.15) is 24.3 Å². The van der Waals surface area contributed by atoms with E-state index in [2.05, 4.69) is 10.3 Å². The maximum absolute atomic E-state index is 13.5. The third-order valence-corrected chi connectivity index (χ3v) is 2.82. The summed E-state index contributed by atoms with van der Waals surface area (Å²) < 4.78 is 13.5. The first kappa shape index (κ1) is 13.1. The molecule has 0 saturated heterocycles. The SMILES string of the molecule is CC(C)(NC(=O)c1cc2c(F)cccc2[nH]1)C(=O)O. The molecular formula is C13H13FN2O3. The van der Waals surface area contributed by atoms with E-state index < -0.39 is 23.2 Å². The first-order valence-corrected chi connectivity index (χ1v) is 5.64. The molecule has 0 atom stereocenters. The lowest BCUT2D eigenvalue weighted by atomic mass is 10.1. The largest absolute Gasteiger partial charge is 0.480 e. The summed E-state index contributed by atoms with van der Waals surface area (Å²) in [5.74, 6) is -2.18. The number of nitrogens with one attached hydrogen (secondary N) is 2. The summed E-state index contributed by atoms with van der Waals surface area (Å²) in [5, 5.41) is 11.6. The van der Waals surface area contributed by atoms with E-state index in [1.807, 2.05) is 0 Å². The van der Waals surface area contributed by atoms with Crippen molar-refractivity contribution in [3.63, 3.8) is 0 Å². The molecular weight excluding hydrogens is 251 g/mol. The van der Waals surface area contributed by atoms with Gasteiger partial charge in [-0.15, -0.1) is 0 Å². The van der Waals surface area contributed by atoms with Crippen LogP contribution in [0.3, 0.4) is 0 Å². The van der Waals surface area contributed by atoms with Gasteiger partial charge in [0.15, 0.2) is 0 Å². The summed E-state index contributed by atoms with van der Waals surface area (Å²) in [6, 6.07) is 5.81. The molecule has 2 aromatic rings. The van der Waals surface area contributed by atoms with Gasteiger partial charge in [-0.05, 0) is 32.0 Å². The molecule has 5 nitrogen and oxygen atoms in total. The minimum Gasteiger partial charge on any atom is -0.480 e. The van der Waals surface area contributed by atoms with Crippen LogP contribution >= 0.6 is 0 Å². The van der Waals surface area contributed by atoms with Gasteiger partial charge < -0.3 is 15.4 Å². The summed E-state index contributed by atoms with van der Waals surface area (Å²) >= 11 is 0. The Morgan fingerprint density at radius 1 is 1.37 bits per heavy atom. The lowest BCUT2D eigenvalue weighted by Gasteiger charge is -2.20. The normalized spacial score (nSPS) is 11.5. The smallest absolute Gasteiger partial charge is 0.328 e. The van der Waals surface area contributed by atoms with Crippen LogP contribution in [-0.2, 0) is 4.79 Å². The van der Waals surface area contributed by atoms with Crippen molar-refractivity contribution in [3.05, 3.63) is 35.8 Å². The number of hydrogen-bond acceptors (Lipinski definition) is 2. The van der Waals surface area contributed by atoms with E-state index in [9.17, 15) is 14.0 Å². The predicted octanol–water partition coefficient (Wildman–Crippen LogP) is 1.90. The number of carboxylic acids is 1. The summed E-state index contributed by atoms with van der Waals surface area (Å²) in [6.45, 7) is 2.74. The summed E-state index contributed by atoms with van der Waals surface area (Å²) in [6.07, 6.45) is 0. The molecule has 1 heterocycles. The molecule has 100 valence electrons. The van der Waals surface area contributed by atoms with Gasteiger partial charge in [-0.25, -0.2) is 9.18 Å². The molecule has 2 rings (SSSR count). The van der Waals surface area contributed by atoms with E-state index >= 15 is 0 Å². The molecule has 19 heavy (non-hydrogen) atoms. The Bertz CT molecular complexity index is 661. The van der Waals surface area contributed by atoms with E-state index in [-0.39, 0.29) is 5.69 Å². The van der Waals surface area contributed by atoms with Gasteiger partial charge in [-0.2, -0.15) is 0 Å². The van der Waals surface area contributed by atoms with E-state index in [1.165, 1.54) is 32.0 Å². The topological polar surface area (TPSA) is 82.2 Å². The van der Waals surface area contributed by atoms with Gasteiger partial charge in [0, 0.05) is 10.9 Å². The van der Waals surface area contributed by atoms with Crippen LogP contribution in [0.15, 0.2) is 24.3 Å². The molecule has 1 aromatic heterocycles. The number of carbonyl (C=O) groups is 2.